The summed E-state index contributed by atoms with van der Waals surface area (Å²) in [5.74, 6) is 0.995. The van der Waals surface area contributed by atoms with Gasteiger partial charge in [0.15, 0.2) is 10.8 Å². The number of fused-ring (bicyclic) bond motifs is 2. The Hall–Kier alpha value is -2.85. The van der Waals surface area contributed by atoms with Crippen molar-refractivity contribution in [2.75, 3.05) is 37.7 Å². The fourth-order valence-corrected chi connectivity index (χ4v) is 4.67. The van der Waals surface area contributed by atoms with Crippen LogP contribution in [0.1, 0.15) is 22.6 Å². The third kappa shape index (κ3) is 3.68. The van der Waals surface area contributed by atoms with E-state index in [1.807, 2.05) is 4.90 Å². The monoisotopic (exact) mass is 428 g/mol. The molecule has 0 atom stereocenters. The number of rotatable bonds is 4. The minimum Gasteiger partial charge on any atom is -0.489 e. The zero-order valence-corrected chi connectivity index (χ0v) is 17.0. The zero-order chi connectivity index (χ0) is 20.5. The molecule has 0 saturated carbocycles. The molecule has 2 N–H and O–H groups in total. The van der Waals surface area contributed by atoms with E-state index in [1.165, 1.54) is 29.8 Å². The zero-order valence-electron chi connectivity index (χ0n) is 16.2. The third-order valence-corrected chi connectivity index (χ3v) is 6.38. The fraction of sp³-hybridized carbons (Fsp3) is 0.400. The van der Waals surface area contributed by atoms with Crippen molar-refractivity contribution in [1.82, 2.24) is 25.6 Å². The van der Waals surface area contributed by atoms with Crippen LogP contribution in [0, 0.1) is 11.7 Å². The van der Waals surface area contributed by atoms with E-state index in [4.69, 9.17) is 4.74 Å². The highest BCUT2D eigenvalue weighted by Gasteiger charge is 2.25. The number of nitrogens with one attached hydrogen (secondary N) is 2. The van der Waals surface area contributed by atoms with Gasteiger partial charge in [0.1, 0.15) is 34.8 Å². The molecular formula is C20H21FN6O2S. The molecule has 2 aliphatic heterocycles. The van der Waals surface area contributed by atoms with E-state index < -0.39 is 0 Å². The van der Waals surface area contributed by atoms with Crippen LogP contribution >= 0.6 is 11.3 Å². The van der Waals surface area contributed by atoms with Crippen LogP contribution in [0.3, 0.4) is 0 Å². The second-order valence-corrected chi connectivity index (χ2v) is 8.36. The highest BCUT2D eigenvalue weighted by Crippen LogP contribution is 2.38. The maximum Gasteiger partial charge on any atom is 0.280 e. The minimum absolute atomic E-state index is 0.188. The molecule has 4 heterocycles. The van der Waals surface area contributed by atoms with Crippen LogP contribution in [0.4, 0.5) is 15.9 Å². The largest absolute Gasteiger partial charge is 0.489 e. The number of piperidine rings is 1. The number of thiazole rings is 1. The van der Waals surface area contributed by atoms with Gasteiger partial charge in [0, 0.05) is 12.6 Å². The quantitative estimate of drug-likeness (QED) is 0.660. The number of nitrogens with zero attached hydrogens (tertiary/aromatic N) is 4. The van der Waals surface area contributed by atoms with Crippen LogP contribution in [0.5, 0.6) is 5.75 Å². The third-order valence-electron chi connectivity index (χ3n) is 5.42. The Labute approximate surface area is 176 Å². The van der Waals surface area contributed by atoms with Gasteiger partial charge in [-0.1, -0.05) is 11.3 Å². The van der Waals surface area contributed by atoms with Crippen LogP contribution in [-0.2, 0) is 0 Å². The van der Waals surface area contributed by atoms with Crippen molar-refractivity contribution in [3.05, 3.63) is 35.4 Å². The average Bonchev–Trinajstić information content (AvgIpc) is 3.22. The van der Waals surface area contributed by atoms with Gasteiger partial charge in [-0.05, 0) is 44.0 Å². The Kier molecular flexibility index (Phi) is 5.17. The Morgan fingerprint density at radius 2 is 2.20 bits per heavy atom. The first kappa shape index (κ1) is 19.1. The molecule has 1 amide bonds. The number of anilines is 2. The predicted molar refractivity (Wildman–Crippen MR) is 112 cm³/mol. The lowest BCUT2D eigenvalue weighted by molar-refractivity contribution is 0.0944. The van der Waals surface area contributed by atoms with Crippen molar-refractivity contribution in [3.63, 3.8) is 0 Å². The van der Waals surface area contributed by atoms with Gasteiger partial charge in [-0.3, -0.25) is 4.79 Å². The average molecular weight is 428 g/mol. The SMILES string of the molecule is O=C(NCC1CCNCC1)c1nc2c(N3CCOc4cc(F)ccc43)ncnc2s1. The summed E-state index contributed by atoms with van der Waals surface area (Å²) in [5.41, 5.74) is 1.28. The topological polar surface area (TPSA) is 92.3 Å². The van der Waals surface area contributed by atoms with Crippen LogP contribution in [0.15, 0.2) is 24.5 Å². The van der Waals surface area contributed by atoms with Crippen LogP contribution in [0.2, 0.25) is 0 Å². The van der Waals surface area contributed by atoms with Gasteiger partial charge in [0.05, 0.1) is 12.2 Å². The van der Waals surface area contributed by atoms with E-state index >= 15 is 0 Å². The Morgan fingerprint density at radius 3 is 3.07 bits per heavy atom. The molecular weight excluding hydrogens is 407 g/mol. The van der Waals surface area contributed by atoms with Gasteiger partial charge in [0.2, 0.25) is 0 Å². The summed E-state index contributed by atoms with van der Waals surface area (Å²) in [5, 5.41) is 6.70. The normalized spacial score (nSPS) is 16.9. The molecule has 0 bridgehead atoms. The van der Waals surface area contributed by atoms with E-state index in [9.17, 15) is 9.18 Å². The van der Waals surface area contributed by atoms with Crippen molar-refractivity contribution in [2.24, 2.45) is 5.92 Å². The number of carbonyl (C=O) groups is 1. The molecule has 0 unspecified atom stereocenters. The molecule has 1 aromatic carbocycles. The van der Waals surface area contributed by atoms with Gasteiger partial charge in [-0.2, -0.15) is 0 Å². The van der Waals surface area contributed by atoms with Crippen LogP contribution in [0.25, 0.3) is 10.3 Å². The minimum atomic E-state index is -0.357. The smallest absolute Gasteiger partial charge is 0.280 e. The predicted octanol–water partition coefficient (Wildman–Crippen LogP) is 2.49. The van der Waals surface area contributed by atoms with Crippen LogP contribution in [-0.4, -0.2) is 53.6 Å². The standard InChI is InChI=1S/C20H21FN6O2S/c21-13-1-2-14-15(9-13)29-8-7-27(14)17-16-19(25-11-24-17)30-20(26-16)18(28)23-10-12-3-5-22-6-4-12/h1-2,9,11-12,22H,3-8,10H2,(H,23,28). The fourth-order valence-electron chi connectivity index (χ4n) is 3.85. The van der Waals surface area contributed by atoms with Crippen LogP contribution < -0.4 is 20.3 Å². The van der Waals surface area contributed by atoms with Crippen molar-refractivity contribution >= 4 is 39.1 Å². The van der Waals surface area contributed by atoms with Gasteiger partial charge in [-0.15, -0.1) is 0 Å². The van der Waals surface area contributed by atoms with Crippen molar-refractivity contribution in [3.8, 4) is 5.75 Å². The first-order valence-electron chi connectivity index (χ1n) is 9.99. The molecule has 30 heavy (non-hydrogen) atoms. The highest BCUT2D eigenvalue weighted by atomic mass is 32.1. The molecule has 2 aliphatic rings. The van der Waals surface area contributed by atoms with E-state index in [2.05, 4.69) is 25.6 Å². The summed E-state index contributed by atoms with van der Waals surface area (Å²) >= 11 is 1.25. The maximum absolute atomic E-state index is 13.6. The lowest BCUT2D eigenvalue weighted by Crippen LogP contribution is -2.35. The molecule has 1 saturated heterocycles. The molecule has 156 valence electrons. The molecule has 0 radical (unpaired) electrons. The number of hydrogen-bond acceptors (Lipinski definition) is 8. The second-order valence-electron chi connectivity index (χ2n) is 7.39. The lowest BCUT2D eigenvalue weighted by Gasteiger charge is -2.30. The Bertz CT molecular complexity index is 1080. The Balaban J connectivity index is 1.41. The summed E-state index contributed by atoms with van der Waals surface area (Å²) in [4.78, 5) is 28.5. The lowest BCUT2D eigenvalue weighted by atomic mass is 9.98. The number of aromatic nitrogens is 3. The molecule has 3 aromatic rings. The summed E-state index contributed by atoms with van der Waals surface area (Å²) < 4.78 is 19.2. The number of halogens is 1. The van der Waals surface area contributed by atoms with E-state index in [0.717, 1.165) is 25.9 Å². The molecule has 0 aliphatic carbocycles. The number of hydrogen-bond donors (Lipinski definition) is 2. The maximum atomic E-state index is 13.6. The molecule has 5 rings (SSSR count). The van der Waals surface area contributed by atoms with Gasteiger partial charge in [0.25, 0.3) is 5.91 Å². The van der Waals surface area contributed by atoms with Gasteiger partial charge in [-0.25, -0.2) is 19.3 Å². The second kappa shape index (κ2) is 8.11. The van der Waals surface area contributed by atoms with Gasteiger partial charge >= 0.3 is 0 Å². The summed E-state index contributed by atoms with van der Waals surface area (Å²) in [6.45, 7) is 3.57. The summed E-state index contributed by atoms with van der Waals surface area (Å²) in [6.07, 6.45) is 3.59. The number of carbonyl (C=O) groups excluding carboxylic acids is 1. The van der Waals surface area contributed by atoms with Gasteiger partial charge < -0.3 is 20.3 Å². The molecule has 8 nitrogen and oxygen atoms in total. The summed E-state index contributed by atoms with van der Waals surface area (Å²) in [6, 6.07) is 4.41. The Morgan fingerprint density at radius 1 is 1.33 bits per heavy atom. The first-order valence-corrected chi connectivity index (χ1v) is 10.8. The van der Waals surface area contributed by atoms with Crippen molar-refractivity contribution in [2.45, 2.75) is 12.8 Å². The van der Waals surface area contributed by atoms with E-state index in [0.29, 0.717) is 58.2 Å². The molecule has 1 fully saturated rings. The molecule has 0 spiro atoms. The number of benzene rings is 1. The van der Waals surface area contributed by atoms with E-state index in [1.54, 1.807) is 6.07 Å². The molecule has 2 aromatic heterocycles. The van der Waals surface area contributed by atoms with E-state index in [-0.39, 0.29) is 11.7 Å². The number of ether oxygens (including phenoxy) is 1. The molecule has 10 heteroatoms. The van der Waals surface area contributed by atoms with Crippen molar-refractivity contribution < 1.29 is 13.9 Å². The number of amides is 1. The first-order chi connectivity index (χ1) is 14.7. The van der Waals surface area contributed by atoms with Crippen molar-refractivity contribution in [1.29, 1.82) is 0 Å². The summed E-state index contributed by atoms with van der Waals surface area (Å²) in [7, 11) is 0. The highest BCUT2D eigenvalue weighted by molar-refractivity contribution is 7.19.